The second-order valence-electron chi connectivity index (χ2n) is 9.81. The fourth-order valence-corrected chi connectivity index (χ4v) is 4.17. The molecule has 0 heterocycles. The second kappa shape index (κ2) is 9.63. The van der Waals surface area contributed by atoms with Gasteiger partial charge >= 0.3 is 11.8 Å². The highest BCUT2D eigenvalue weighted by molar-refractivity contribution is 7.99. The molecule has 0 spiro atoms. The first-order valence-corrected chi connectivity index (χ1v) is 11.2. The zero-order valence-electron chi connectivity index (χ0n) is 19.3. The van der Waals surface area contributed by atoms with Crippen molar-refractivity contribution in [3.05, 3.63) is 23.3 Å². The van der Waals surface area contributed by atoms with E-state index in [0.29, 0.717) is 12.2 Å². The van der Waals surface area contributed by atoms with Crippen molar-refractivity contribution in [1.29, 1.82) is 0 Å². The zero-order valence-corrected chi connectivity index (χ0v) is 20.1. The molecule has 164 valence electrons. The van der Waals surface area contributed by atoms with Crippen molar-refractivity contribution in [2.24, 2.45) is 0 Å². The Morgan fingerprint density at radius 1 is 0.897 bits per heavy atom. The number of thioether (sulfide) groups is 1. The summed E-state index contributed by atoms with van der Waals surface area (Å²) in [6, 6.07) is 4.16. The molecule has 1 aromatic rings. The summed E-state index contributed by atoms with van der Waals surface area (Å²) in [5.74, 6) is 0.199. The Balaban J connectivity index is 2.76. The number of quaternary nitrogens is 1. The molecule has 0 aromatic heterocycles. The van der Waals surface area contributed by atoms with Crippen LogP contribution in [0, 0.1) is 0 Å². The maximum atomic E-state index is 11.5. The molecule has 6 heteroatoms. The number of imide groups is 1. The average molecular weight is 425 g/mol. The number of hydroxylamine groups is 3. The normalized spacial score (nSPS) is 12.9. The van der Waals surface area contributed by atoms with Gasteiger partial charge in [0.2, 0.25) is 0 Å². The van der Waals surface area contributed by atoms with Gasteiger partial charge in [-0.3, -0.25) is 0 Å². The SMILES string of the molecule is CC(=O)[N+](O)(CCCCCSc1cc(C(C)(C)C)c(O)c(C(C)(C)C)c1)C(C)=O. The van der Waals surface area contributed by atoms with Crippen LogP contribution in [0.1, 0.15) is 85.8 Å². The Morgan fingerprint density at radius 3 is 1.72 bits per heavy atom. The Kier molecular flexibility index (Phi) is 8.52. The van der Waals surface area contributed by atoms with Gasteiger partial charge in [0.05, 0.1) is 13.8 Å². The van der Waals surface area contributed by atoms with Crippen LogP contribution < -0.4 is 0 Å². The Hall–Kier alpha value is -1.37. The van der Waals surface area contributed by atoms with Crippen LogP contribution in [-0.2, 0) is 20.4 Å². The van der Waals surface area contributed by atoms with E-state index in [-0.39, 0.29) is 17.4 Å². The number of unbranched alkanes of at least 4 members (excludes halogenated alkanes) is 2. The van der Waals surface area contributed by atoms with E-state index in [1.165, 1.54) is 13.8 Å². The summed E-state index contributed by atoms with van der Waals surface area (Å²) >= 11 is 1.75. The van der Waals surface area contributed by atoms with Crippen LogP contribution in [0.5, 0.6) is 5.75 Å². The lowest BCUT2D eigenvalue weighted by atomic mass is 9.79. The summed E-state index contributed by atoms with van der Waals surface area (Å²) < 4.78 is -1.12. The summed E-state index contributed by atoms with van der Waals surface area (Å²) in [6.07, 6.45) is 2.34. The predicted octanol–water partition coefficient (Wildman–Crippen LogP) is 5.55. The van der Waals surface area contributed by atoms with Crippen LogP contribution in [0.4, 0.5) is 0 Å². The summed E-state index contributed by atoms with van der Waals surface area (Å²) in [5, 5.41) is 21.0. The first-order valence-electron chi connectivity index (χ1n) is 10.2. The summed E-state index contributed by atoms with van der Waals surface area (Å²) in [7, 11) is 0. The highest BCUT2D eigenvalue weighted by Gasteiger charge is 2.37. The molecule has 0 unspecified atom stereocenters. The van der Waals surface area contributed by atoms with Crippen molar-refractivity contribution in [3.63, 3.8) is 0 Å². The molecule has 0 aliphatic carbocycles. The molecule has 0 atom stereocenters. The molecule has 2 amide bonds. The Bertz CT molecular complexity index is 695. The van der Waals surface area contributed by atoms with E-state index < -0.39 is 16.5 Å². The van der Waals surface area contributed by atoms with E-state index in [2.05, 4.69) is 53.7 Å². The molecular weight excluding hydrogens is 386 g/mol. The number of nitrogens with zero attached hydrogens (tertiary/aromatic N) is 1. The number of aromatic hydroxyl groups is 1. The van der Waals surface area contributed by atoms with Gasteiger partial charge in [-0.1, -0.05) is 46.2 Å². The van der Waals surface area contributed by atoms with Crippen LogP contribution in [0.25, 0.3) is 0 Å². The quantitative estimate of drug-likeness (QED) is 0.197. The van der Waals surface area contributed by atoms with E-state index in [4.69, 9.17) is 0 Å². The summed E-state index contributed by atoms with van der Waals surface area (Å²) in [6.45, 7) is 15.2. The lowest BCUT2D eigenvalue weighted by Crippen LogP contribution is -2.52. The average Bonchev–Trinajstić information content (AvgIpc) is 2.56. The molecule has 2 N–H and O–H groups in total. The first-order chi connectivity index (χ1) is 13.1. The molecule has 0 radical (unpaired) electrons. The van der Waals surface area contributed by atoms with Crippen molar-refractivity contribution in [2.45, 2.75) is 90.4 Å². The van der Waals surface area contributed by atoms with E-state index in [1.807, 2.05) is 0 Å². The number of carbonyl (C=O) groups is 2. The van der Waals surface area contributed by atoms with Gasteiger partial charge in [-0.2, -0.15) is 0 Å². The zero-order chi connectivity index (χ0) is 22.6. The second-order valence-corrected chi connectivity index (χ2v) is 11.0. The van der Waals surface area contributed by atoms with Crippen molar-refractivity contribution < 1.29 is 24.5 Å². The van der Waals surface area contributed by atoms with Crippen LogP contribution >= 0.6 is 11.8 Å². The number of hydrogen-bond acceptors (Lipinski definition) is 5. The van der Waals surface area contributed by atoms with Gasteiger partial charge in [-0.15, -0.1) is 11.8 Å². The molecule has 29 heavy (non-hydrogen) atoms. The van der Waals surface area contributed by atoms with Gasteiger partial charge in [0.25, 0.3) is 0 Å². The maximum Gasteiger partial charge on any atom is 0.350 e. The molecule has 0 aliphatic rings. The Labute approximate surface area is 180 Å². The van der Waals surface area contributed by atoms with E-state index in [9.17, 15) is 19.9 Å². The fraction of sp³-hybridized carbons (Fsp3) is 0.652. The van der Waals surface area contributed by atoms with Crippen molar-refractivity contribution in [2.75, 3.05) is 12.3 Å². The molecule has 1 rings (SSSR count). The minimum absolute atomic E-state index is 0.122. The monoisotopic (exact) mass is 424 g/mol. The summed E-state index contributed by atoms with van der Waals surface area (Å²) in [4.78, 5) is 24.2. The number of carbonyl (C=O) groups excluding carboxylic acids is 2. The third-order valence-electron chi connectivity index (χ3n) is 5.14. The lowest BCUT2D eigenvalue weighted by molar-refractivity contribution is -0.974. The van der Waals surface area contributed by atoms with Crippen LogP contribution in [0.15, 0.2) is 17.0 Å². The molecule has 0 bridgehead atoms. The number of benzene rings is 1. The van der Waals surface area contributed by atoms with Crippen molar-refractivity contribution in [3.8, 4) is 5.75 Å². The van der Waals surface area contributed by atoms with E-state index >= 15 is 0 Å². The molecular formula is C23H38NO4S+. The van der Waals surface area contributed by atoms with Gasteiger partial charge in [-0.05, 0) is 41.6 Å². The van der Waals surface area contributed by atoms with Crippen molar-refractivity contribution >= 4 is 23.6 Å². The van der Waals surface area contributed by atoms with Crippen LogP contribution in [0.3, 0.4) is 0 Å². The maximum absolute atomic E-state index is 11.5. The molecule has 0 fully saturated rings. The third kappa shape index (κ3) is 6.83. The molecule has 0 saturated heterocycles. The molecule has 0 aliphatic heterocycles. The highest BCUT2D eigenvalue weighted by Crippen LogP contribution is 2.41. The number of hydrogen-bond donors (Lipinski definition) is 2. The topological polar surface area (TPSA) is 74.6 Å². The number of phenolic OH excluding ortho intramolecular Hbond substituents is 1. The van der Waals surface area contributed by atoms with Gasteiger partial charge < -0.3 is 5.11 Å². The number of rotatable bonds is 7. The number of amides is 2. The first kappa shape index (κ1) is 25.7. The minimum Gasteiger partial charge on any atom is -0.507 e. The van der Waals surface area contributed by atoms with Gasteiger partial charge in [0.1, 0.15) is 12.3 Å². The van der Waals surface area contributed by atoms with Crippen LogP contribution in [-0.4, -0.2) is 39.1 Å². The highest BCUT2D eigenvalue weighted by atomic mass is 32.2. The third-order valence-corrected chi connectivity index (χ3v) is 6.20. The number of phenols is 1. The predicted molar refractivity (Wildman–Crippen MR) is 118 cm³/mol. The minimum atomic E-state index is -1.12. The fourth-order valence-electron chi connectivity index (χ4n) is 3.18. The molecule has 1 aromatic carbocycles. The van der Waals surface area contributed by atoms with Crippen LogP contribution in [0.2, 0.25) is 0 Å². The Morgan fingerprint density at radius 2 is 1.34 bits per heavy atom. The smallest absolute Gasteiger partial charge is 0.350 e. The van der Waals surface area contributed by atoms with E-state index in [1.54, 1.807) is 11.8 Å². The van der Waals surface area contributed by atoms with Gasteiger partial charge in [-0.25, -0.2) is 14.8 Å². The molecule has 5 nitrogen and oxygen atoms in total. The summed E-state index contributed by atoms with van der Waals surface area (Å²) in [5.41, 5.74) is 1.61. The standard InChI is InChI=1S/C23H37NO4S/c1-16(25)24(28,17(2)26)12-10-9-11-13-29-18-14-19(22(3,4)5)21(27)20(15-18)23(6,7)8/h14-15,28H,9-13H2,1-8H3/p+1. The van der Waals surface area contributed by atoms with E-state index in [0.717, 1.165) is 34.6 Å². The largest absolute Gasteiger partial charge is 0.507 e. The molecule has 0 saturated carbocycles. The van der Waals surface area contributed by atoms with Gasteiger partial charge in [0.15, 0.2) is 0 Å². The van der Waals surface area contributed by atoms with Crippen molar-refractivity contribution in [1.82, 2.24) is 0 Å². The lowest BCUT2D eigenvalue weighted by Gasteiger charge is -2.28. The van der Waals surface area contributed by atoms with Gasteiger partial charge in [0, 0.05) is 22.4 Å².